The highest BCUT2D eigenvalue weighted by atomic mass is 16.5. The summed E-state index contributed by atoms with van der Waals surface area (Å²) in [7, 11) is 1.51. The van der Waals surface area contributed by atoms with Gasteiger partial charge in [-0.1, -0.05) is 0 Å². The Morgan fingerprint density at radius 1 is 1.19 bits per heavy atom. The molecule has 0 aliphatic rings. The van der Waals surface area contributed by atoms with Gasteiger partial charge < -0.3 is 20.5 Å². The Kier molecular flexibility index (Phi) is 4.66. The van der Waals surface area contributed by atoms with Gasteiger partial charge in [-0.15, -0.1) is 0 Å². The fourth-order valence-electron chi connectivity index (χ4n) is 1.86. The number of nitrogen functional groups attached to an aromatic ring is 1. The highest BCUT2D eigenvalue weighted by Gasteiger charge is 2.09. The van der Waals surface area contributed by atoms with E-state index in [4.69, 9.17) is 15.2 Å². The number of hydrogen-bond acceptors (Lipinski definition) is 4. The van der Waals surface area contributed by atoms with E-state index in [0.29, 0.717) is 29.3 Å². The average molecular weight is 286 g/mol. The number of amides is 1. The van der Waals surface area contributed by atoms with Crippen molar-refractivity contribution in [2.24, 2.45) is 0 Å². The van der Waals surface area contributed by atoms with Crippen LogP contribution in [0.15, 0.2) is 42.5 Å². The molecule has 0 aliphatic carbocycles. The Bertz CT molecular complexity index is 624. The van der Waals surface area contributed by atoms with Crippen molar-refractivity contribution >= 4 is 17.3 Å². The third kappa shape index (κ3) is 3.66. The van der Waals surface area contributed by atoms with Crippen molar-refractivity contribution in [2.75, 3.05) is 24.8 Å². The third-order valence-electron chi connectivity index (χ3n) is 2.92. The van der Waals surface area contributed by atoms with E-state index in [0.717, 1.165) is 5.75 Å². The van der Waals surface area contributed by atoms with E-state index < -0.39 is 0 Å². The number of rotatable bonds is 5. The van der Waals surface area contributed by atoms with Crippen molar-refractivity contribution in [2.45, 2.75) is 6.92 Å². The van der Waals surface area contributed by atoms with Crippen molar-refractivity contribution in [1.82, 2.24) is 0 Å². The highest BCUT2D eigenvalue weighted by molar-refractivity contribution is 6.04. The van der Waals surface area contributed by atoms with Crippen LogP contribution >= 0.6 is 0 Å². The molecule has 0 heterocycles. The van der Waals surface area contributed by atoms with Gasteiger partial charge in [0.2, 0.25) is 0 Å². The van der Waals surface area contributed by atoms with E-state index in [9.17, 15) is 4.79 Å². The Labute approximate surface area is 123 Å². The molecule has 0 fully saturated rings. The molecule has 0 saturated heterocycles. The standard InChI is InChI=1S/C16H18N2O3/c1-3-21-13-7-5-12(6-8-13)18-16(19)11-4-9-14(17)15(10-11)20-2/h4-10H,3,17H2,1-2H3,(H,18,19). The van der Waals surface area contributed by atoms with Crippen molar-refractivity contribution in [3.63, 3.8) is 0 Å². The summed E-state index contributed by atoms with van der Waals surface area (Å²) in [4.78, 5) is 12.2. The molecule has 0 spiro atoms. The molecule has 2 rings (SSSR count). The Balaban J connectivity index is 2.10. The topological polar surface area (TPSA) is 73.6 Å². The lowest BCUT2D eigenvalue weighted by molar-refractivity contribution is 0.102. The first kappa shape index (κ1) is 14.7. The number of ether oxygens (including phenoxy) is 2. The molecule has 3 N–H and O–H groups in total. The van der Waals surface area contributed by atoms with E-state index >= 15 is 0 Å². The second kappa shape index (κ2) is 6.65. The number of anilines is 2. The quantitative estimate of drug-likeness (QED) is 0.829. The first-order valence-corrected chi connectivity index (χ1v) is 6.61. The molecule has 2 aromatic carbocycles. The maximum absolute atomic E-state index is 12.2. The van der Waals surface area contributed by atoms with Crippen LogP contribution in [0.25, 0.3) is 0 Å². The molecule has 21 heavy (non-hydrogen) atoms. The number of carbonyl (C=O) groups is 1. The lowest BCUT2D eigenvalue weighted by Gasteiger charge is -2.09. The molecule has 0 aliphatic heterocycles. The van der Waals surface area contributed by atoms with Gasteiger partial charge in [-0.05, 0) is 49.4 Å². The van der Waals surface area contributed by atoms with Crippen LogP contribution < -0.4 is 20.5 Å². The van der Waals surface area contributed by atoms with E-state index in [2.05, 4.69) is 5.32 Å². The first-order valence-electron chi connectivity index (χ1n) is 6.61. The Morgan fingerprint density at radius 2 is 1.90 bits per heavy atom. The first-order chi connectivity index (χ1) is 10.1. The summed E-state index contributed by atoms with van der Waals surface area (Å²) in [6.45, 7) is 2.53. The van der Waals surface area contributed by atoms with Gasteiger partial charge in [0.25, 0.3) is 5.91 Å². The van der Waals surface area contributed by atoms with Crippen LogP contribution in [0.4, 0.5) is 11.4 Å². The summed E-state index contributed by atoms with van der Waals surface area (Å²) in [6, 6.07) is 12.1. The number of nitrogens with one attached hydrogen (secondary N) is 1. The lowest BCUT2D eigenvalue weighted by atomic mass is 10.1. The van der Waals surface area contributed by atoms with Gasteiger partial charge in [-0.2, -0.15) is 0 Å². The molecule has 0 bridgehead atoms. The van der Waals surface area contributed by atoms with Gasteiger partial charge in [-0.25, -0.2) is 0 Å². The minimum Gasteiger partial charge on any atom is -0.495 e. The number of hydrogen-bond donors (Lipinski definition) is 2. The molecule has 0 atom stereocenters. The van der Waals surface area contributed by atoms with Crippen LogP contribution in [-0.2, 0) is 0 Å². The molecule has 5 heteroatoms. The van der Waals surface area contributed by atoms with Crippen LogP contribution in [0.3, 0.4) is 0 Å². The number of nitrogens with two attached hydrogens (primary N) is 1. The molecule has 0 radical (unpaired) electrons. The third-order valence-corrected chi connectivity index (χ3v) is 2.92. The summed E-state index contributed by atoms with van der Waals surface area (Å²) in [5.41, 5.74) is 7.40. The SMILES string of the molecule is CCOc1ccc(NC(=O)c2ccc(N)c(OC)c2)cc1. The van der Waals surface area contributed by atoms with Gasteiger partial charge >= 0.3 is 0 Å². The van der Waals surface area contributed by atoms with Crippen molar-refractivity contribution < 1.29 is 14.3 Å². The molecule has 0 aromatic heterocycles. The molecule has 1 amide bonds. The Morgan fingerprint density at radius 3 is 2.52 bits per heavy atom. The molecule has 0 unspecified atom stereocenters. The van der Waals surface area contributed by atoms with Gasteiger partial charge in [0.05, 0.1) is 19.4 Å². The summed E-state index contributed by atoms with van der Waals surface area (Å²) in [5.74, 6) is 1.02. The summed E-state index contributed by atoms with van der Waals surface area (Å²) >= 11 is 0. The predicted molar refractivity (Wildman–Crippen MR) is 83.0 cm³/mol. The number of methoxy groups -OCH3 is 1. The average Bonchev–Trinajstić information content (AvgIpc) is 2.50. The normalized spacial score (nSPS) is 10.0. The van der Waals surface area contributed by atoms with Gasteiger partial charge in [-0.3, -0.25) is 4.79 Å². The molecular weight excluding hydrogens is 268 g/mol. The van der Waals surface area contributed by atoms with E-state index in [-0.39, 0.29) is 5.91 Å². The minimum absolute atomic E-state index is 0.225. The van der Waals surface area contributed by atoms with Crippen LogP contribution in [0.2, 0.25) is 0 Å². The number of carbonyl (C=O) groups excluding carboxylic acids is 1. The second-order valence-corrected chi connectivity index (χ2v) is 4.37. The van der Waals surface area contributed by atoms with E-state index in [1.54, 1.807) is 30.3 Å². The molecule has 2 aromatic rings. The van der Waals surface area contributed by atoms with Crippen molar-refractivity contribution in [3.05, 3.63) is 48.0 Å². The zero-order valence-corrected chi connectivity index (χ0v) is 12.1. The zero-order chi connectivity index (χ0) is 15.2. The predicted octanol–water partition coefficient (Wildman–Crippen LogP) is 2.93. The molecule has 110 valence electrons. The summed E-state index contributed by atoms with van der Waals surface area (Å²) in [5, 5.41) is 2.81. The maximum atomic E-state index is 12.2. The van der Waals surface area contributed by atoms with Crippen LogP contribution in [-0.4, -0.2) is 19.6 Å². The van der Waals surface area contributed by atoms with Crippen molar-refractivity contribution in [1.29, 1.82) is 0 Å². The largest absolute Gasteiger partial charge is 0.495 e. The summed E-state index contributed by atoms with van der Waals surface area (Å²) < 4.78 is 10.5. The molecular formula is C16H18N2O3. The summed E-state index contributed by atoms with van der Waals surface area (Å²) in [6.07, 6.45) is 0. The molecule has 0 saturated carbocycles. The fourth-order valence-corrected chi connectivity index (χ4v) is 1.86. The second-order valence-electron chi connectivity index (χ2n) is 4.37. The highest BCUT2D eigenvalue weighted by Crippen LogP contribution is 2.23. The maximum Gasteiger partial charge on any atom is 0.255 e. The van der Waals surface area contributed by atoms with E-state index in [1.165, 1.54) is 7.11 Å². The zero-order valence-electron chi connectivity index (χ0n) is 12.1. The van der Waals surface area contributed by atoms with Gasteiger partial charge in [0.15, 0.2) is 0 Å². The van der Waals surface area contributed by atoms with Gasteiger partial charge in [0, 0.05) is 11.3 Å². The lowest BCUT2D eigenvalue weighted by Crippen LogP contribution is -2.12. The smallest absolute Gasteiger partial charge is 0.255 e. The molecule has 5 nitrogen and oxygen atoms in total. The number of benzene rings is 2. The van der Waals surface area contributed by atoms with Crippen LogP contribution in [0, 0.1) is 0 Å². The van der Waals surface area contributed by atoms with Crippen LogP contribution in [0.5, 0.6) is 11.5 Å². The minimum atomic E-state index is -0.225. The van der Waals surface area contributed by atoms with Crippen molar-refractivity contribution in [3.8, 4) is 11.5 Å². The van der Waals surface area contributed by atoms with Gasteiger partial charge in [0.1, 0.15) is 11.5 Å². The Hall–Kier alpha value is -2.69. The van der Waals surface area contributed by atoms with E-state index in [1.807, 2.05) is 19.1 Å². The van der Waals surface area contributed by atoms with Crippen LogP contribution in [0.1, 0.15) is 17.3 Å². The monoisotopic (exact) mass is 286 g/mol. The fraction of sp³-hybridized carbons (Fsp3) is 0.188.